The van der Waals surface area contributed by atoms with Gasteiger partial charge >= 0.3 is 0 Å². The summed E-state index contributed by atoms with van der Waals surface area (Å²) in [7, 11) is 0. The number of benzene rings is 2. The van der Waals surface area contributed by atoms with Crippen LogP contribution in [-0.2, 0) is 24.4 Å². The van der Waals surface area contributed by atoms with Crippen molar-refractivity contribution in [3.63, 3.8) is 0 Å². The Kier molecular flexibility index (Phi) is 7.13. The van der Waals surface area contributed by atoms with Crippen molar-refractivity contribution in [3.8, 4) is 0 Å². The topological polar surface area (TPSA) is 66.3 Å². The van der Waals surface area contributed by atoms with Gasteiger partial charge in [-0.05, 0) is 50.3 Å². The van der Waals surface area contributed by atoms with Gasteiger partial charge in [0.05, 0.1) is 6.54 Å². The summed E-state index contributed by atoms with van der Waals surface area (Å²) in [4.78, 5) is 22.7. The second-order valence-electron chi connectivity index (χ2n) is 9.87. The number of nitrogens with zero attached hydrogens (tertiary/aromatic N) is 5. The average Bonchev–Trinajstić information content (AvgIpc) is 3.38. The van der Waals surface area contributed by atoms with Gasteiger partial charge in [0.15, 0.2) is 0 Å². The number of fused-ring (bicyclic) bond motifs is 3. The molecule has 1 aromatic heterocycles. The van der Waals surface area contributed by atoms with Crippen LogP contribution in [0.2, 0.25) is 0 Å². The minimum absolute atomic E-state index is 0.176. The van der Waals surface area contributed by atoms with Gasteiger partial charge in [-0.1, -0.05) is 48.5 Å². The zero-order valence-electron chi connectivity index (χ0n) is 20.9. The van der Waals surface area contributed by atoms with Crippen molar-refractivity contribution in [3.05, 3.63) is 77.4 Å². The van der Waals surface area contributed by atoms with Crippen LogP contribution in [-0.4, -0.2) is 55.6 Å². The fourth-order valence-electron chi connectivity index (χ4n) is 5.62. The molecule has 7 nitrogen and oxygen atoms in total. The van der Waals surface area contributed by atoms with Gasteiger partial charge in [0.25, 0.3) is 0 Å². The highest BCUT2D eigenvalue weighted by atomic mass is 16.2. The molecular weight excluding hydrogens is 436 g/mol. The van der Waals surface area contributed by atoms with Crippen LogP contribution in [0.3, 0.4) is 0 Å². The number of rotatable bonds is 5. The van der Waals surface area contributed by atoms with Gasteiger partial charge in [0.2, 0.25) is 5.91 Å². The molecule has 2 atom stereocenters. The molecule has 2 bridgehead atoms. The standard InChI is InChI=1S/C28H36N6O/c1-21-30-22(2)34(31-21)17-15-28(35)32-19-24-10-6-7-11-27(24)29-16-14-25-12-13-26(20-32)33(25)18-23-8-4-3-5-9-23/h3-11,25-26,29H,12-20H2,1-2H3/t25-,26+/m0/s1. The lowest BCUT2D eigenvalue weighted by Gasteiger charge is -2.34. The fraction of sp³-hybridized carbons (Fsp3) is 0.464. The summed E-state index contributed by atoms with van der Waals surface area (Å²) in [5, 5.41) is 8.12. The highest BCUT2D eigenvalue weighted by Gasteiger charge is 2.35. The summed E-state index contributed by atoms with van der Waals surface area (Å²) in [6.07, 6.45) is 3.84. The fourth-order valence-corrected chi connectivity index (χ4v) is 5.62. The largest absolute Gasteiger partial charge is 0.385 e. The van der Waals surface area contributed by atoms with Crippen LogP contribution in [0.4, 0.5) is 5.69 Å². The SMILES string of the molecule is Cc1nc(C)n(CCC(=O)N2Cc3ccccc3NCC[C@@H]3CC[C@H](C2)N3Cc2ccccc2)n1. The van der Waals surface area contributed by atoms with E-state index < -0.39 is 0 Å². The summed E-state index contributed by atoms with van der Waals surface area (Å²) < 4.78 is 1.85. The molecule has 7 heteroatoms. The molecule has 1 saturated heterocycles. The van der Waals surface area contributed by atoms with E-state index in [2.05, 4.69) is 79.8 Å². The molecule has 184 valence electrons. The maximum atomic E-state index is 13.6. The van der Waals surface area contributed by atoms with Gasteiger partial charge in [-0.2, -0.15) is 5.10 Å². The number of hydrogen-bond donors (Lipinski definition) is 1. The smallest absolute Gasteiger partial charge is 0.224 e. The third-order valence-electron chi connectivity index (χ3n) is 7.43. The van der Waals surface area contributed by atoms with E-state index in [-0.39, 0.29) is 5.91 Å². The van der Waals surface area contributed by atoms with Crippen molar-refractivity contribution < 1.29 is 4.79 Å². The van der Waals surface area contributed by atoms with Crippen LogP contribution in [0.15, 0.2) is 54.6 Å². The first-order valence-electron chi connectivity index (χ1n) is 12.8. The zero-order valence-corrected chi connectivity index (χ0v) is 20.9. The monoisotopic (exact) mass is 472 g/mol. The molecule has 2 aliphatic heterocycles. The maximum Gasteiger partial charge on any atom is 0.224 e. The third-order valence-corrected chi connectivity index (χ3v) is 7.43. The number of para-hydroxylation sites is 1. The van der Waals surface area contributed by atoms with Crippen LogP contribution < -0.4 is 5.32 Å². The van der Waals surface area contributed by atoms with Gasteiger partial charge in [-0.15, -0.1) is 0 Å². The Morgan fingerprint density at radius 3 is 2.57 bits per heavy atom. The minimum Gasteiger partial charge on any atom is -0.385 e. The highest BCUT2D eigenvalue weighted by molar-refractivity contribution is 5.76. The molecule has 0 spiro atoms. The van der Waals surface area contributed by atoms with Crippen LogP contribution in [0.5, 0.6) is 0 Å². The summed E-state index contributed by atoms with van der Waals surface area (Å²) >= 11 is 0. The summed E-state index contributed by atoms with van der Waals surface area (Å²) in [5.41, 5.74) is 3.66. The number of amides is 1. The summed E-state index contributed by atoms with van der Waals surface area (Å²) in [5.74, 6) is 1.78. The normalized spacial score (nSPS) is 20.7. The molecule has 5 rings (SSSR count). The van der Waals surface area contributed by atoms with Gasteiger partial charge in [0.1, 0.15) is 11.6 Å². The molecule has 2 aromatic carbocycles. The summed E-state index contributed by atoms with van der Waals surface area (Å²) in [6.45, 7) is 7.65. The Hall–Kier alpha value is -3.19. The van der Waals surface area contributed by atoms with Crippen LogP contribution in [0, 0.1) is 13.8 Å². The number of carbonyl (C=O) groups excluding carboxylic acids is 1. The van der Waals surface area contributed by atoms with Gasteiger partial charge in [-0.3, -0.25) is 9.69 Å². The van der Waals surface area contributed by atoms with Crippen molar-refractivity contribution in [2.45, 2.75) is 71.2 Å². The molecule has 3 heterocycles. The van der Waals surface area contributed by atoms with Gasteiger partial charge < -0.3 is 10.2 Å². The van der Waals surface area contributed by atoms with E-state index in [4.69, 9.17) is 0 Å². The first-order valence-corrected chi connectivity index (χ1v) is 12.8. The molecular formula is C28H36N6O. The van der Waals surface area contributed by atoms with Crippen molar-refractivity contribution in [1.29, 1.82) is 0 Å². The molecule has 1 N–H and O–H groups in total. The Balaban J connectivity index is 1.38. The first-order chi connectivity index (χ1) is 17.1. The van der Waals surface area contributed by atoms with Crippen molar-refractivity contribution in [2.75, 3.05) is 18.4 Å². The maximum absolute atomic E-state index is 13.6. The molecule has 2 aliphatic rings. The van der Waals surface area contributed by atoms with Crippen LogP contribution >= 0.6 is 0 Å². The lowest BCUT2D eigenvalue weighted by molar-refractivity contribution is -0.133. The predicted molar refractivity (Wildman–Crippen MR) is 138 cm³/mol. The lowest BCUT2D eigenvalue weighted by atomic mass is 10.1. The molecule has 0 saturated carbocycles. The zero-order chi connectivity index (χ0) is 24.2. The van der Waals surface area contributed by atoms with E-state index in [1.54, 1.807) is 0 Å². The van der Waals surface area contributed by atoms with Gasteiger partial charge in [0, 0.05) is 50.4 Å². The molecule has 35 heavy (non-hydrogen) atoms. The second kappa shape index (κ2) is 10.6. The van der Waals surface area contributed by atoms with E-state index in [1.807, 2.05) is 18.5 Å². The average molecular weight is 473 g/mol. The van der Waals surface area contributed by atoms with Crippen molar-refractivity contribution in [2.24, 2.45) is 0 Å². The van der Waals surface area contributed by atoms with E-state index in [0.717, 1.165) is 49.8 Å². The van der Waals surface area contributed by atoms with Gasteiger partial charge in [-0.25, -0.2) is 9.67 Å². The third kappa shape index (κ3) is 5.56. The van der Waals surface area contributed by atoms with E-state index >= 15 is 0 Å². The summed E-state index contributed by atoms with van der Waals surface area (Å²) in [6, 6.07) is 20.0. The predicted octanol–water partition coefficient (Wildman–Crippen LogP) is 4.16. The second-order valence-corrected chi connectivity index (χ2v) is 9.87. The molecule has 0 unspecified atom stereocenters. The molecule has 1 fully saturated rings. The van der Waals surface area contributed by atoms with Crippen molar-refractivity contribution >= 4 is 11.6 Å². The number of anilines is 1. The lowest BCUT2D eigenvalue weighted by Crippen LogP contribution is -2.45. The number of hydrogen-bond acceptors (Lipinski definition) is 5. The Bertz CT molecular complexity index is 1140. The number of nitrogens with one attached hydrogen (secondary N) is 1. The highest BCUT2D eigenvalue weighted by Crippen LogP contribution is 2.31. The number of aryl methyl sites for hydroxylation is 3. The molecule has 1 amide bonds. The minimum atomic E-state index is 0.176. The Morgan fingerprint density at radius 1 is 1.00 bits per heavy atom. The van der Waals surface area contributed by atoms with E-state index in [1.165, 1.54) is 17.5 Å². The molecule has 3 aromatic rings. The van der Waals surface area contributed by atoms with E-state index in [0.29, 0.717) is 31.6 Å². The number of aromatic nitrogens is 3. The van der Waals surface area contributed by atoms with E-state index in [9.17, 15) is 4.79 Å². The Labute approximate surface area is 208 Å². The quantitative estimate of drug-likeness (QED) is 0.604. The van der Waals surface area contributed by atoms with Crippen LogP contribution in [0.1, 0.15) is 48.5 Å². The number of carbonyl (C=O) groups is 1. The Morgan fingerprint density at radius 2 is 1.77 bits per heavy atom. The molecule has 0 radical (unpaired) electrons. The van der Waals surface area contributed by atoms with Crippen LogP contribution in [0.25, 0.3) is 0 Å². The molecule has 0 aliphatic carbocycles. The first kappa shape index (κ1) is 23.5. The van der Waals surface area contributed by atoms with Crippen molar-refractivity contribution in [1.82, 2.24) is 24.6 Å².